The molecule has 9 rings (SSSR count). The van der Waals surface area contributed by atoms with E-state index in [0.29, 0.717) is 17.5 Å². The number of hydrogen-bond donors (Lipinski definition) is 0. The maximum Gasteiger partial charge on any atom is 0.164 e. The Bertz CT molecular complexity index is 2630. The lowest BCUT2D eigenvalue weighted by Gasteiger charge is -2.15. The van der Waals surface area contributed by atoms with E-state index < -0.39 is 0 Å². The van der Waals surface area contributed by atoms with Gasteiger partial charge in [-0.25, -0.2) is 15.0 Å². The molecule has 0 saturated heterocycles. The molecule has 4 heteroatoms. The van der Waals surface area contributed by atoms with Gasteiger partial charge in [0.1, 0.15) is 0 Å². The minimum atomic E-state index is 0.620. The van der Waals surface area contributed by atoms with Crippen LogP contribution in [0.3, 0.4) is 0 Å². The zero-order chi connectivity index (χ0) is 34.1. The lowest BCUT2D eigenvalue weighted by atomic mass is 9.90. The van der Waals surface area contributed by atoms with Crippen molar-refractivity contribution in [2.75, 3.05) is 0 Å². The van der Waals surface area contributed by atoms with Crippen molar-refractivity contribution in [1.29, 1.82) is 0 Å². The average Bonchev–Trinajstić information content (AvgIpc) is 3.21. The summed E-state index contributed by atoms with van der Waals surface area (Å²) in [5, 5.41) is 4.86. The summed E-state index contributed by atoms with van der Waals surface area (Å²) in [6.45, 7) is 2.01. The molecule has 0 spiro atoms. The highest BCUT2D eigenvalue weighted by Gasteiger charge is 2.17. The maximum absolute atomic E-state index is 5.12. The van der Waals surface area contributed by atoms with Crippen LogP contribution in [-0.4, -0.2) is 19.9 Å². The zero-order valence-corrected chi connectivity index (χ0v) is 28.0. The number of hydrogen-bond acceptors (Lipinski definition) is 4. The van der Waals surface area contributed by atoms with Crippen LogP contribution in [0.2, 0.25) is 0 Å². The van der Waals surface area contributed by atoms with Crippen molar-refractivity contribution in [2.45, 2.75) is 6.92 Å². The first-order chi connectivity index (χ1) is 25.2. The van der Waals surface area contributed by atoms with Crippen molar-refractivity contribution in [2.24, 2.45) is 0 Å². The monoisotopic (exact) mass is 652 g/mol. The molecule has 0 fully saturated rings. The summed E-state index contributed by atoms with van der Waals surface area (Å²) in [4.78, 5) is 19.8. The van der Waals surface area contributed by atoms with Crippen LogP contribution in [0.4, 0.5) is 0 Å². The van der Waals surface area contributed by atoms with E-state index in [0.717, 1.165) is 55.8 Å². The number of pyridine rings is 1. The predicted molar refractivity (Wildman–Crippen MR) is 210 cm³/mol. The molecule has 0 aliphatic rings. The second-order valence-electron chi connectivity index (χ2n) is 12.8. The second-order valence-corrected chi connectivity index (χ2v) is 12.8. The lowest BCUT2D eigenvalue weighted by molar-refractivity contribution is 1.07. The molecule has 0 amide bonds. The molecule has 4 nitrogen and oxygen atoms in total. The molecule has 51 heavy (non-hydrogen) atoms. The first kappa shape index (κ1) is 30.3. The van der Waals surface area contributed by atoms with Gasteiger partial charge in [-0.1, -0.05) is 133 Å². The highest BCUT2D eigenvalue weighted by atomic mass is 15.0. The molecule has 9 aromatic rings. The highest BCUT2D eigenvalue weighted by Crippen LogP contribution is 2.39. The van der Waals surface area contributed by atoms with Gasteiger partial charge in [0.25, 0.3) is 0 Å². The first-order valence-corrected chi connectivity index (χ1v) is 17.1. The fraction of sp³-hybridized carbons (Fsp3) is 0.0213. The van der Waals surface area contributed by atoms with E-state index in [-0.39, 0.29) is 0 Å². The van der Waals surface area contributed by atoms with Crippen LogP contribution < -0.4 is 0 Å². The third-order valence-electron chi connectivity index (χ3n) is 9.41. The molecule has 7 aromatic carbocycles. The number of fused-ring (bicyclic) bond motifs is 3. The summed E-state index contributed by atoms with van der Waals surface area (Å²) in [5.74, 6) is 1.89. The van der Waals surface area contributed by atoms with Crippen molar-refractivity contribution in [3.63, 3.8) is 0 Å². The third kappa shape index (κ3) is 5.94. The number of benzene rings is 7. The summed E-state index contributed by atoms with van der Waals surface area (Å²) in [6.07, 6.45) is 1.94. The topological polar surface area (TPSA) is 51.6 Å². The van der Waals surface area contributed by atoms with Gasteiger partial charge in [-0.05, 0) is 92.7 Å². The number of aromatic nitrogens is 4. The van der Waals surface area contributed by atoms with E-state index in [1.54, 1.807) is 0 Å². The van der Waals surface area contributed by atoms with Gasteiger partial charge in [0.05, 0.1) is 0 Å². The number of rotatable bonds is 6. The van der Waals surface area contributed by atoms with Gasteiger partial charge in [-0.2, -0.15) is 0 Å². The van der Waals surface area contributed by atoms with E-state index >= 15 is 0 Å². The molecule has 0 aliphatic heterocycles. The van der Waals surface area contributed by atoms with E-state index in [1.165, 1.54) is 21.5 Å². The third-order valence-corrected chi connectivity index (χ3v) is 9.41. The molecule has 0 bridgehead atoms. The lowest BCUT2D eigenvalue weighted by Crippen LogP contribution is -2.00. The second kappa shape index (κ2) is 12.9. The quantitative estimate of drug-likeness (QED) is 0.168. The smallest absolute Gasteiger partial charge is 0.164 e. The van der Waals surface area contributed by atoms with Gasteiger partial charge >= 0.3 is 0 Å². The summed E-state index contributed by atoms with van der Waals surface area (Å²) >= 11 is 0. The maximum atomic E-state index is 5.12. The summed E-state index contributed by atoms with van der Waals surface area (Å²) < 4.78 is 0. The molecule has 0 aliphatic carbocycles. The highest BCUT2D eigenvalue weighted by molar-refractivity contribution is 6.14. The Hall–Kier alpha value is -6.78. The van der Waals surface area contributed by atoms with E-state index in [2.05, 4.69) is 114 Å². The van der Waals surface area contributed by atoms with Crippen molar-refractivity contribution in [3.8, 4) is 67.5 Å². The van der Waals surface area contributed by atoms with Crippen LogP contribution in [-0.2, 0) is 0 Å². The Kier molecular flexibility index (Phi) is 7.67. The van der Waals surface area contributed by atoms with E-state index in [4.69, 9.17) is 15.0 Å². The minimum Gasteiger partial charge on any atom is -0.261 e. The molecule has 0 atom stereocenters. The van der Waals surface area contributed by atoms with Crippen LogP contribution in [0.25, 0.3) is 89.1 Å². The molecule has 0 N–H and O–H groups in total. The standard InChI is InChI=1S/C47H32N4/c1-31-23-24-37(30-48-31)34-18-12-19-35(25-34)38-26-39(44-29-36-17-8-9-20-41(36)42-21-10-11-22-43(42)44)28-40(27-38)47-50-45(32-13-4-2-5-14-32)49-46(51-47)33-15-6-3-7-16-33/h2-30H,1H3. The summed E-state index contributed by atoms with van der Waals surface area (Å²) in [6, 6.07) is 59.4. The minimum absolute atomic E-state index is 0.620. The van der Waals surface area contributed by atoms with Crippen LogP contribution in [0.1, 0.15) is 5.69 Å². The molecule has 2 heterocycles. The van der Waals surface area contributed by atoms with Crippen LogP contribution in [0.15, 0.2) is 176 Å². The van der Waals surface area contributed by atoms with Gasteiger partial charge in [-0.15, -0.1) is 0 Å². The van der Waals surface area contributed by atoms with Crippen LogP contribution in [0, 0.1) is 6.92 Å². The number of aryl methyl sites for hydroxylation is 1. The first-order valence-electron chi connectivity index (χ1n) is 17.1. The van der Waals surface area contributed by atoms with Crippen molar-refractivity contribution >= 4 is 21.5 Å². The molecular formula is C47H32N4. The van der Waals surface area contributed by atoms with Gasteiger partial charge in [0, 0.05) is 34.1 Å². The Morgan fingerprint density at radius 2 is 0.843 bits per heavy atom. The fourth-order valence-corrected chi connectivity index (χ4v) is 6.83. The Balaban J connectivity index is 1.30. The van der Waals surface area contributed by atoms with Crippen LogP contribution >= 0.6 is 0 Å². The zero-order valence-electron chi connectivity index (χ0n) is 28.0. The molecule has 0 radical (unpaired) electrons. The van der Waals surface area contributed by atoms with Gasteiger partial charge in [-0.3, -0.25) is 4.98 Å². The summed E-state index contributed by atoms with van der Waals surface area (Å²) in [7, 11) is 0. The molecule has 2 aromatic heterocycles. The molecule has 0 unspecified atom stereocenters. The largest absolute Gasteiger partial charge is 0.261 e. The molecule has 240 valence electrons. The fourth-order valence-electron chi connectivity index (χ4n) is 6.83. The van der Waals surface area contributed by atoms with Crippen molar-refractivity contribution in [1.82, 2.24) is 19.9 Å². The molecule has 0 saturated carbocycles. The predicted octanol–water partition coefficient (Wildman–Crippen LogP) is 11.9. The van der Waals surface area contributed by atoms with Gasteiger partial charge in [0.2, 0.25) is 0 Å². The SMILES string of the molecule is Cc1ccc(-c2cccc(-c3cc(-c4nc(-c5ccccc5)nc(-c5ccccc5)n4)cc(-c4cc5ccccc5c5ccccc45)c3)c2)cn1. The Morgan fingerprint density at radius 1 is 0.333 bits per heavy atom. The summed E-state index contributed by atoms with van der Waals surface area (Å²) in [5.41, 5.74) is 10.4. The Morgan fingerprint density at radius 3 is 1.51 bits per heavy atom. The molecular weight excluding hydrogens is 621 g/mol. The number of nitrogens with zero attached hydrogens (tertiary/aromatic N) is 4. The van der Waals surface area contributed by atoms with Gasteiger partial charge in [0.15, 0.2) is 17.5 Å². The average molecular weight is 653 g/mol. The van der Waals surface area contributed by atoms with Crippen LogP contribution in [0.5, 0.6) is 0 Å². The van der Waals surface area contributed by atoms with Gasteiger partial charge < -0.3 is 0 Å². The van der Waals surface area contributed by atoms with E-state index in [9.17, 15) is 0 Å². The Labute approximate surface area is 296 Å². The van der Waals surface area contributed by atoms with Crippen molar-refractivity contribution < 1.29 is 0 Å². The van der Waals surface area contributed by atoms with Crippen molar-refractivity contribution in [3.05, 3.63) is 182 Å². The normalized spacial score (nSPS) is 11.2. The van der Waals surface area contributed by atoms with E-state index in [1.807, 2.05) is 73.8 Å².